The van der Waals surface area contributed by atoms with Crippen molar-refractivity contribution < 1.29 is 0 Å². The molecular formula is C30H53N. The fourth-order valence-electron chi connectivity index (χ4n) is 7.92. The molecule has 0 atom stereocenters. The first-order valence-corrected chi connectivity index (χ1v) is 14.6. The minimum absolute atomic E-state index is 0.354. The van der Waals surface area contributed by atoms with Crippen LogP contribution < -0.4 is 0 Å². The summed E-state index contributed by atoms with van der Waals surface area (Å²) >= 11 is 0. The maximum atomic E-state index is 9.41. The minimum atomic E-state index is 0.354. The SMILES string of the molecule is CCCCCCC1CCC(C2CCC(C3(CCCCC)CCC(C#N)CC3)CC2)CC1. The van der Waals surface area contributed by atoms with Gasteiger partial charge in [-0.1, -0.05) is 78.1 Å². The molecule has 0 bridgehead atoms. The molecule has 31 heavy (non-hydrogen) atoms. The zero-order valence-corrected chi connectivity index (χ0v) is 21.2. The third-order valence-electron chi connectivity index (χ3n) is 10.1. The molecule has 0 radical (unpaired) electrons. The van der Waals surface area contributed by atoms with Gasteiger partial charge < -0.3 is 0 Å². The Morgan fingerprint density at radius 3 is 1.84 bits per heavy atom. The van der Waals surface area contributed by atoms with E-state index in [2.05, 4.69) is 19.9 Å². The Balaban J connectivity index is 1.44. The predicted octanol–water partition coefficient (Wildman–Crippen LogP) is 9.85. The van der Waals surface area contributed by atoms with Crippen LogP contribution in [-0.2, 0) is 0 Å². The van der Waals surface area contributed by atoms with Gasteiger partial charge in [0, 0.05) is 5.92 Å². The average Bonchev–Trinajstić information content (AvgIpc) is 2.83. The Bertz CT molecular complexity index is 507. The normalized spacial score (nSPS) is 36.7. The summed E-state index contributed by atoms with van der Waals surface area (Å²) in [6, 6.07) is 2.58. The van der Waals surface area contributed by atoms with Crippen LogP contribution in [0.4, 0.5) is 0 Å². The predicted molar refractivity (Wildman–Crippen MR) is 134 cm³/mol. The van der Waals surface area contributed by atoms with Crippen molar-refractivity contribution in [3.05, 3.63) is 0 Å². The smallest absolute Gasteiger partial charge is 0.0655 e. The van der Waals surface area contributed by atoms with Crippen molar-refractivity contribution in [2.45, 2.75) is 149 Å². The fraction of sp³-hybridized carbons (Fsp3) is 0.967. The molecule has 0 aromatic carbocycles. The van der Waals surface area contributed by atoms with Crippen LogP contribution in [0.3, 0.4) is 0 Å². The highest BCUT2D eigenvalue weighted by atomic mass is 14.5. The van der Waals surface area contributed by atoms with Crippen molar-refractivity contribution in [2.75, 3.05) is 0 Å². The van der Waals surface area contributed by atoms with E-state index in [1.165, 1.54) is 122 Å². The van der Waals surface area contributed by atoms with Gasteiger partial charge in [-0.2, -0.15) is 5.26 Å². The molecule has 0 unspecified atom stereocenters. The largest absolute Gasteiger partial charge is 0.198 e. The van der Waals surface area contributed by atoms with Crippen LogP contribution in [0.15, 0.2) is 0 Å². The van der Waals surface area contributed by atoms with E-state index >= 15 is 0 Å². The fourth-order valence-corrected chi connectivity index (χ4v) is 7.92. The lowest BCUT2D eigenvalue weighted by atomic mass is 9.56. The molecule has 3 rings (SSSR count). The van der Waals surface area contributed by atoms with Gasteiger partial charge in [-0.05, 0) is 99.7 Å². The molecule has 0 heterocycles. The molecule has 0 aliphatic heterocycles. The van der Waals surface area contributed by atoms with E-state index in [1.807, 2.05) is 0 Å². The highest BCUT2D eigenvalue weighted by Crippen LogP contribution is 2.54. The standard InChI is InChI=1S/C30H53N/c1-3-5-7-8-10-25-11-13-27(14-12-25)28-15-17-29(18-16-28)30(21-9-6-4-2)22-19-26(24-31)20-23-30/h25-29H,3-23H2,1-2H3. The quantitative estimate of drug-likeness (QED) is 0.301. The third kappa shape index (κ3) is 7.24. The maximum absolute atomic E-state index is 9.41. The molecule has 0 N–H and O–H groups in total. The van der Waals surface area contributed by atoms with Gasteiger partial charge in [-0.15, -0.1) is 0 Å². The molecular weight excluding hydrogens is 374 g/mol. The van der Waals surface area contributed by atoms with E-state index in [4.69, 9.17) is 0 Å². The molecule has 3 aliphatic rings. The lowest BCUT2D eigenvalue weighted by Crippen LogP contribution is -2.38. The zero-order valence-electron chi connectivity index (χ0n) is 21.2. The van der Waals surface area contributed by atoms with Gasteiger partial charge in [0.15, 0.2) is 0 Å². The van der Waals surface area contributed by atoms with Gasteiger partial charge in [0.2, 0.25) is 0 Å². The summed E-state index contributed by atoms with van der Waals surface area (Å²) < 4.78 is 0. The first-order chi connectivity index (χ1) is 15.2. The molecule has 3 aliphatic carbocycles. The molecule has 0 saturated heterocycles. The van der Waals surface area contributed by atoms with Crippen LogP contribution in [0.1, 0.15) is 149 Å². The van der Waals surface area contributed by atoms with Crippen molar-refractivity contribution in [2.24, 2.45) is 35.0 Å². The number of hydrogen-bond acceptors (Lipinski definition) is 1. The summed E-state index contributed by atoms with van der Waals surface area (Å²) in [4.78, 5) is 0. The van der Waals surface area contributed by atoms with Gasteiger partial charge >= 0.3 is 0 Å². The summed E-state index contributed by atoms with van der Waals surface area (Å²) in [5.41, 5.74) is 0.601. The lowest BCUT2D eigenvalue weighted by molar-refractivity contribution is 0.0230. The highest BCUT2D eigenvalue weighted by Gasteiger charge is 2.43. The Morgan fingerprint density at radius 2 is 1.26 bits per heavy atom. The van der Waals surface area contributed by atoms with Gasteiger partial charge in [0.1, 0.15) is 0 Å². The summed E-state index contributed by atoms with van der Waals surface area (Å²) in [6.07, 6.45) is 30.2. The van der Waals surface area contributed by atoms with E-state index in [0.29, 0.717) is 11.3 Å². The molecule has 0 spiro atoms. The first kappa shape index (κ1) is 25.1. The zero-order chi connectivity index (χ0) is 21.9. The molecule has 1 nitrogen and oxygen atoms in total. The highest BCUT2D eigenvalue weighted by molar-refractivity contribution is 4.97. The summed E-state index contributed by atoms with van der Waals surface area (Å²) in [5.74, 6) is 4.48. The lowest BCUT2D eigenvalue weighted by Gasteiger charge is -2.49. The Labute approximate surface area is 195 Å². The summed E-state index contributed by atoms with van der Waals surface area (Å²) in [6.45, 7) is 4.66. The van der Waals surface area contributed by atoms with Crippen LogP contribution in [0.5, 0.6) is 0 Å². The molecule has 1 heteroatoms. The van der Waals surface area contributed by atoms with E-state index in [0.717, 1.165) is 23.7 Å². The maximum Gasteiger partial charge on any atom is 0.0655 e. The van der Waals surface area contributed by atoms with Crippen molar-refractivity contribution in [3.63, 3.8) is 0 Å². The number of unbranched alkanes of at least 4 members (excludes halogenated alkanes) is 5. The average molecular weight is 428 g/mol. The van der Waals surface area contributed by atoms with Crippen molar-refractivity contribution in [1.29, 1.82) is 5.26 Å². The second-order valence-electron chi connectivity index (χ2n) is 12.0. The second kappa shape index (κ2) is 13.3. The van der Waals surface area contributed by atoms with Gasteiger partial charge in [0.25, 0.3) is 0 Å². The molecule has 3 saturated carbocycles. The summed E-state index contributed by atoms with van der Waals surface area (Å²) in [7, 11) is 0. The van der Waals surface area contributed by atoms with Crippen molar-refractivity contribution in [3.8, 4) is 6.07 Å². The number of rotatable bonds is 11. The first-order valence-electron chi connectivity index (χ1n) is 14.6. The van der Waals surface area contributed by atoms with E-state index < -0.39 is 0 Å². The van der Waals surface area contributed by atoms with Crippen LogP contribution >= 0.6 is 0 Å². The summed E-state index contributed by atoms with van der Waals surface area (Å²) in [5, 5.41) is 9.41. The molecule has 0 amide bonds. The number of nitrogens with zero attached hydrogens (tertiary/aromatic N) is 1. The molecule has 3 fully saturated rings. The van der Waals surface area contributed by atoms with Gasteiger partial charge in [0.05, 0.1) is 6.07 Å². The van der Waals surface area contributed by atoms with Crippen LogP contribution in [0.2, 0.25) is 0 Å². The monoisotopic (exact) mass is 427 g/mol. The van der Waals surface area contributed by atoms with E-state index in [9.17, 15) is 5.26 Å². The van der Waals surface area contributed by atoms with Crippen molar-refractivity contribution in [1.82, 2.24) is 0 Å². The van der Waals surface area contributed by atoms with E-state index in [1.54, 1.807) is 12.8 Å². The number of nitriles is 1. The third-order valence-corrected chi connectivity index (χ3v) is 10.1. The van der Waals surface area contributed by atoms with Crippen LogP contribution in [0.25, 0.3) is 0 Å². The Hall–Kier alpha value is -0.510. The van der Waals surface area contributed by atoms with E-state index in [-0.39, 0.29) is 0 Å². The Morgan fingerprint density at radius 1 is 0.677 bits per heavy atom. The van der Waals surface area contributed by atoms with Crippen LogP contribution in [-0.4, -0.2) is 0 Å². The van der Waals surface area contributed by atoms with Crippen molar-refractivity contribution >= 4 is 0 Å². The molecule has 0 aromatic heterocycles. The van der Waals surface area contributed by atoms with Crippen LogP contribution in [0, 0.1) is 46.3 Å². The number of hydrogen-bond donors (Lipinski definition) is 0. The minimum Gasteiger partial charge on any atom is -0.198 e. The van der Waals surface area contributed by atoms with Gasteiger partial charge in [-0.3, -0.25) is 0 Å². The van der Waals surface area contributed by atoms with Gasteiger partial charge in [-0.25, -0.2) is 0 Å². The topological polar surface area (TPSA) is 23.8 Å². The Kier molecular flexibility index (Phi) is 10.7. The molecule has 0 aromatic rings. The second-order valence-corrected chi connectivity index (χ2v) is 12.0. The molecule has 178 valence electrons.